The van der Waals surface area contributed by atoms with Crippen LogP contribution in [0.4, 0.5) is 0 Å². The molecule has 4 rings (SSSR count). The van der Waals surface area contributed by atoms with Gasteiger partial charge >= 0.3 is 0 Å². The average molecular weight is 367 g/mol. The van der Waals surface area contributed by atoms with Gasteiger partial charge in [0.05, 0.1) is 13.2 Å². The summed E-state index contributed by atoms with van der Waals surface area (Å²) < 4.78 is 12.4. The van der Waals surface area contributed by atoms with Crippen LogP contribution in [0.1, 0.15) is 96.8 Å². The van der Waals surface area contributed by atoms with E-state index >= 15 is 0 Å². The molecule has 4 fully saturated rings. The van der Waals surface area contributed by atoms with Crippen molar-refractivity contribution in [1.82, 2.24) is 0 Å². The van der Waals surface area contributed by atoms with E-state index in [4.69, 9.17) is 9.47 Å². The Morgan fingerprint density at radius 1 is 0.640 bits per heavy atom. The summed E-state index contributed by atoms with van der Waals surface area (Å²) in [5, 5.41) is 0. The van der Waals surface area contributed by atoms with Crippen LogP contribution in [0.2, 0.25) is 0 Å². The maximum absolute atomic E-state index is 6.22. The normalized spacial score (nSPS) is 35.3. The van der Waals surface area contributed by atoms with Gasteiger partial charge in [-0.2, -0.15) is 0 Å². The molecule has 0 spiro atoms. The summed E-state index contributed by atoms with van der Waals surface area (Å²) in [6.45, 7) is 3.90. The van der Waals surface area contributed by atoms with Gasteiger partial charge in [-0.05, 0) is 62.4 Å². The minimum absolute atomic E-state index is 0.138. The summed E-state index contributed by atoms with van der Waals surface area (Å²) in [5.41, 5.74) is 3.03. The Morgan fingerprint density at radius 3 is 1.68 bits per heavy atom. The quantitative estimate of drug-likeness (QED) is 0.532. The molecule has 25 heavy (non-hydrogen) atoms. The van der Waals surface area contributed by atoms with Gasteiger partial charge in [0.15, 0.2) is 5.79 Å². The van der Waals surface area contributed by atoms with Crippen LogP contribution in [0.25, 0.3) is 0 Å². The summed E-state index contributed by atoms with van der Waals surface area (Å²) >= 11 is 0. The molecule has 0 N–H and O–H groups in total. The van der Waals surface area contributed by atoms with Crippen LogP contribution in [0, 0.1) is 5.92 Å². The van der Waals surface area contributed by atoms with Crippen molar-refractivity contribution in [3.05, 3.63) is 0 Å². The molecule has 0 aromatic heterocycles. The van der Waals surface area contributed by atoms with Crippen molar-refractivity contribution in [3.63, 3.8) is 0 Å². The lowest BCUT2D eigenvalue weighted by Gasteiger charge is -2.50. The minimum Gasteiger partial charge on any atom is -0.348 e. The average Bonchev–Trinajstić information content (AvgIpc) is 3.12. The highest BCUT2D eigenvalue weighted by Gasteiger charge is 2.49. The molecule has 3 aliphatic carbocycles. The third-order valence-electron chi connectivity index (χ3n) is 7.64. The van der Waals surface area contributed by atoms with E-state index in [0.29, 0.717) is 5.92 Å². The lowest BCUT2D eigenvalue weighted by atomic mass is 9.83. The topological polar surface area (TPSA) is 18.5 Å². The number of hydrogen-bond donors (Lipinski definition) is 0. The van der Waals surface area contributed by atoms with Gasteiger partial charge in [-0.15, -0.1) is 0 Å². The molecule has 0 amide bonds. The van der Waals surface area contributed by atoms with Crippen molar-refractivity contribution in [2.75, 3.05) is 13.2 Å². The van der Waals surface area contributed by atoms with Gasteiger partial charge in [0.2, 0.25) is 0 Å². The fourth-order valence-electron chi connectivity index (χ4n) is 6.42. The van der Waals surface area contributed by atoms with Gasteiger partial charge in [0.1, 0.15) is 0 Å². The summed E-state index contributed by atoms with van der Waals surface area (Å²) in [4.78, 5) is 0. The molecule has 2 nitrogen and oxygen atoms in total. The second kappa shape index (κ2) is 8.57. The van der Waals surface area contributed by atoms with E-state index in [0.717, 1.165) is 30.2 Å². The molecule has 0 aromatic carbocycles. The van der Waals surface area contributed by atoms with Crippen LogP contribution in [-0.4, -0.2) is 36.0 Å². The van der Waals surface area contributed by atoms with Crippen molar-refractivity contribution < 1.29 is 9.47 Å². The predicted molar refractivity (Wildman–Crippen MR) is 107 cm³/mol. The lowest BCUT2D eigenvalue weighted by molar-refractivity contribution is -0.186. The number of rotatable bonds is 4. The molecule has 3 saturated carbocycles. The molecule has 1 aliphatic heterocycles. The van der Waals surface area contributed by atoms with E-state index in [2.05, 4.69) is 6.92 Å². The van der Waals surface area contributed by atoms with Gasteiger partial charge in [-0.25, -0.2) is 0 Å². The van der Waals surface area contributed by atoms with E-state index in [1.807, 2.05) is 0 Å². The summed E-state index contributed by atoms with van der Waals surface area (Å²) in [6.07, 6.45) is 20.8. The molecule has 2 atom stereocenters. The first kappa shape index (κ1) is 18.7. The molecule has 1 heterocycles. The Balaban J connectivity index is 1.58. The smallest absolute Gasteiger partial charge is 0.169 e. The van der Waals surface area contributed by atoms with E-state index in [1.165, 1.54) is 89.9 Å². The summed E-state index contributed by atoms with van der Waals surface area (Å²) in [7, 11) is 0.138. The Kier molecular flexibility index (Phi) is 6.41. The molecule has 1 unspecified atom stereocenters. The third-order valence-corrected chi connectivity index (χ3v) is 11.7. The Hall–Kier alpha value is 0.350. The molecule has 3 heteroatoms. The fraction of sp³-hybridized carbons (Fsp3) is 1.00. The van der Waals surface area contributed by atoms with Crippen molar-refractivity contribution in [2.24, 2.45) is 5.92 Å². The standard InChI is InChI=1S/C22H39O2P/c1-22(23-16-17-24-22)20-14-8-9-15-21(20)25(18-10-4-2-5-11-18)19-12-6-3-7-13-19/h18-21H,2-17H2,1H3/t20-,21?/m1/s1. The Labute approximate surface area is 156 Å². The molecule has 0 radical (unpaired) electrons. The van der Waals surface area contributed by atoms with Crippen molar-refractivity contribution in [1.29, 1.82) is 0 Å². The first-order chi connectivity index (χ1) is 12.3. The predicted octanol–water partition coefficient (Wildman–Crippen LogP) is 6.46. The molecule has 1 saturated heterocycles. The molecular weight excluding hydrogens is 327 g/mol. The largest absolute Gasteiger partial charge is 0.348 e. The second-order valence-electron chi connectivity index (χ2n) is 9.20. The van der Waals surface area contributed by atoms with Crippen LogP contribution in [0.3, 0.4) is 0 Å². The maximum Gasteiger partial charge on any atom is 0.169 e. The Bertz CT molecular complexity index is 390. The SMILES string of the molecule is CC1([C@@H]2CCCCC2P(C2CCCCC2)C2CCCCC2)OCCO1. The molecule has 144 valence electrons. The van der Waals surface area contributed by atoms with Crippen LogP contribution >= 0.6 is 7.92 Å². The van der Waals surface area contributed by atoms with E-state index in [9.17, 15) is 0 Å². The minimum atomic E-state index is -0.269. The zero-order chi connectivity index (χ0) is 17.1. The summed E-state index contributed by atoms with van der Waals surface area (Å²) in [6, 6.07) is 0. The highest BCUT2D eigenvalue weighted by atomic mass is 31.1. The fourth-order valence-corrected chi connectivity index (χ4v) is 11.3. The van der Waals surface area contributed by atoms with Gasteiger partial charge in [0, 0.05) is 5.92 Å². The first-order valence-electron chi connectivity index (χ1n) is 11.3. The number of ether oxygens (including phenoxy) is 2. The van der Waals surface area contributed by atoms with E-state index < -0.39 is 0 Å². The third kappa shape index (κ3) is 4.12. The summed E-state index contributed by atoms with van der Waals surface area (Å²) in [5.74, 6) is 0.397. The van der Waals surface area contributed by atoms with Gasteiger partial charge in [0.25, 0.3) is 0 Å². The van der Waals surface area contributed by atoms with E-state index in [1.54, 1.807) is 0 Å². The van der Waals surface area contributed by atoms with Crippen LogP contribution in [0.15, 0.2) is 0 Å². The van der Waals surface area contributed by atoms with Crippen LogP contribution < -0.4 is 0 Å². The van der Waals surface area contributed by atoms with Crippen molar-refractivity contribution in [2.45, 2.75) is 120 Å². The molecule has 0 bridgehead atoms. The van der Waals surface area contributed by atoms with E-state index in [-0.39, 0.29) is 13.7 Å². The van der Waals surface area contributed by atoms with Crippen molar-refractivity contribution in [3.8, 4) is 0 Å². The zero-order valence-electron chi connectivity index (χ0n) is 16.4. The van der Waals surface area contributed by atoms with Crippen molar-refractivity contribution >= 4 is 7.92 Å². The molecule has 4 aliphatic rings. The van der Waals surface area contributed by atoms with Crippen LogP contribution in [0.5, 0.6) is 0 Å². The highest BCUT2D eigenvalue weighted by Crippen LogP contribution is 2.64. The lowest BCUT2D eigenvalue weighted by Crippen LogP contribution is -2.46. The molecule has 0 aromatic rings. The van der Waals surface area contributed by atoms with Crippen LogP contribution in [-0.2, 0) is 9.47 Å². The number of hydrogen-bond acceptors (Lipinski definition) is 2. The van der Waals surface area contributed by atoms with Gasteiger partial charge in [-0.1, -0.05) is 59.3 Å². The molecular formula is C22H39O2P. The Morgan fingerprint density at radius 2 is 1.12 bits per heavy atom. The monoisotopic (exact) mass is 366 g/mol. The first-order valence-corrected chi connectivity index (χ1v) is 12.9. The maximum atomic E-state index is 6.22. The highest BCUT2D eigenvalue weighted by molar-refractivity contribution is 7.60. The zero-order valence-corrected chi connectivity index (χ0v) is 17.3. The van der Waals surface area contributed by atoms with Gasteiger partial charge < -0.3 is 9.47 Å². The van der Waals surface area contributed by atoms with Gasteiger partial charge in [-0.3, -0.25) is 0 Å². The second-order valence-corrected chi connectivity index (χ2v) is 12.2.